The molecule has 4 aromatic rings. The molecule has 8 rings (SSSR count). The third kappa shape index (κ3) is 3.77. The van der Waals surface area contributed by atoms with Crippen LogP contribution in [0.2, 0.25) is 0 Å². The lowest BCUT2D eigenvalue weighted by Gasteiger charge is -2.36. The number of carbonyl (C=O) groups excluding carboxylic acids is 4. The summed E-state index contributed by atoms with van der Waals surface area (Å²) in [6.45, 7) is 0. The number of nitrogens with zero attached hydrogens (tertiary/aromatic N) is 4. The maximum Gasteiger partial charge on any atom is 0.253 e. The van der Waals surface area contributed by atoms with Crippen molar-refractivity contribution in [2.75, 3.05) is 24.0 Å². The number of ether oxygens (including phenoxy) is 2. The van der Waals surface area contributed by atoms with Crippen molar-refractivity contribution in [1.82, 2.24) is 10.0 Å². The van der Waals surface area contributed by atoms with Crippen LogP contribution in [0.4, 0.5) is 11.4 Å². The molecule has 4 fully saturated rings. The highest BCUT2D eigenvalue weighted by molar-refractivity contribution is 6.26. The normalized spacial score (nSPS) is 27.3. The number of hydrazine groups is 1. The average molecular weight is 615 g/mol. The number of para-hydroxylation sites is 4. The molecule has 0 aliphatic carbocycles. The molecule has 0 aromatic heterocycles. The zero-order valence-corrected chi connectivity index (χ0v) is 25.1. The third-order valence-corrected chi connectivity index (χ3v) is 9.67. The minimum Gasteiger partial charge on any atom is -0.496 e. The number of rotatable bonds is 6. The van der Waals surface area contributed by atoms with E-state index in [0.29, 0.717) is 34.0 Å². The van der Waals surface area contributed by atoms with E-state index in [1.807, 2.05) is 58.5 Å². The molecule has 230 valence electrons. The first kappa shape index (κ1) is 28.2. The largest absolute Gasteiger partial charge is 0.496 e. The smallest absolute Gasteiger partial charge is 0.253 e. The van der Waals surface area contributed by atoms with Crippen LogP contribution in [-0.2, 0) is 19.2 Å². The van der Waals surface area contributed by atoms with Gasteiger partial charge in [-0.3, -0.25) is 19.2 Å². The van der Waals surface area contributed by atoms with E-state index in [9.17, 15) is 19.2 Å². The molecule has 6 atom stereocenters. The van der Waals surface area contributed by atoms with Gasteiger partial charge in [-0.2, -0.15) is 0 Å². The topological polar surface area (TPSA) is 99.7 Å². The fourth-order valence-corrected chi connectivity index (χ4v) is 7.93. The van der Waals surface area contributed by atoms with Crippen molar-refractivity contribution in [2.45, 2.75) is 24.2 Å². The number of hydrogen-bond acceptors (Lipinski definition) is 8. The van der Waals surface area contributed by atoms with Crippen molar-refractivity contribution in [3.8, 4) is 11.5 Å². The summed E-state index contributed by atoms with van der Waals surface area (Å²) < 4.78 is 11.6. The van der Waals surface area contributed by atoms with Crippen LogP contribution in [-0.4, -0.2) is 59.9 Å². The zero-order valence-electron chi connectivity index (χ0n) is 25.1. The summed E-state index contributed by atoms with van der Waals surface area (Å²) in [4.78, 5) is 60.7. The van der Waals surface area contributed by atoms with E-state index in [4.69, 9.17) is 9.47 Å². The van der Waals surface area contributed by atoms with Gasteiger partial charge in [-0.15, -0.1) is 0 Å². The molecule has 4 aliphatic rings. The van der Waals surface area contributed by atoms with Gasteiger partial charge in [0.05, 0.1) is 49.5 Å². The third-order valence-electron chi connectivity index (χ3n) is 9.67. The molecule has 10 nitrogen and oxygen atoms in total. The summed E-state index contributed by atoms with van der Waals surface area (Å²) >= 11 is 0. The Labute approximate surface area is 265 Å². The Bertz CT molecular complexity index is 1750. The first-order chi connectivity index (χ1) is 22.5. The molecule has 0 radical (unpaired) electrons. The first-order valence-corrected chi connectivity index (χ1v) is 15.2. The van der Waals surface area contributed by atoms with Crippen molar-refractivity contribution in [1.29, 1.82) is 0 Å². The lowest BCUT2D eigenvalue weighted by molar-refractivity contribution is -0.136. The van der Waals surface area contributed by atoms with Crippen LogP contribution in [0.5, 0.6) is 11.5 Å². The van der Waals surface area contributed by atoms with Gasteiger partial charge in [0, 0.05) is 11.1 Å². The van der Waals surface area contributed by atoms with Gasteiger partial charge < -0.3 is 9.47 Å². The van der Waals surface area contributed by atoms with Gasteiger partial charge in [0.25, 0.3) is 11.8 Å². The number of anilines is 2. The van der Waals surface area contributed by atoms with Crippen molar-refractivity contribution in [2.24, 2.45) is 11.8 Å². The maximum absolute atomic E-state index is 14.6. The summed E-state index contributed by atoms with van der Waals surface area (Å²) in [6, 6.07) is 28.8. The molecule has 0 saturated carbocycles. The highest BCUT2D eigenvalue weighted by atomic mass is 16.5. The molecular weight excluding hydrogens is 584 g/mol. The Hall–Kier alpha value is -5.32. The lowest BCUT2D eigenvalue weighted by Crippen LogP contribution is -2.50. The molecule has 4 saturated heterocycles. The molecule has 4 aliphatic heterocycles. The number of imide groups is 2. The minimum atomic E-state index is -0.992. The van der Waals surface area contributed by atoms with Crippen LogP contribution in [0, 0.1) is 11.8 Å². The van der Waals surface area contributed by atoms with Crippen molar-refractivity contribution in [3.05, 3.63) is 120 Å². The van der Waals surface area contributed by atoms with E-state index < -0.39 is 47.8 Å². The summed E-state index contributed by atoms with van der Waals surface area (Å²) in [5.41, 5.74) is 2.23. The molecule has 46 heavy (non-hydrogen) atoms. The fraction of sp³-hybridized carbons (Fsp3) is 0.222. The number of carbonyl (C=O) groups is 4. The summed E-state index contributed by atoms with van der Waals surface area (Å²) in [5.74, 6) is -2.34. The Balaban J connectivity index is 1.37. The van der Waals surface area contributed by atoms with Gasteiger partial charge in [-0.05, 0) is 36.4 Å². The quantitative estimate of drug-likeness (QED) is 0.299. The Morgan fingerprint density at radius 3 is 1.15 bits per heavy atom. The molecule has 10 heteroatoms. The molecule has 0 unspecified atom stereocenters. The SMILES string of the molecule is COc1ccccc1[C@@H]1[C@@H]2C(=O)N(c3ccccc3)C(=O)[C@@H]2N2[C@H](c3ccccc3OC)[C@H]3C(=O)N(c4ccccc4)C(=O)[C@@H]3N12. The van der Waals surface area contributed by atoms with Crippen molar-refractivity contribution < 1.29 is 28.7 Å². The highest BCUT2D eigenvalue weighted by Crippen LogP contribution is 2.61. The number of hydrogen-bond donors (Lipinski definition) is 0. The maximum atomic E-state index is 14.6. The van der Waals surface area contributed by atoms with Crippen LogP contribution in [0.25, 0.3) is 0 Å². The molecule has 0 bridgehead atoms. The summed E-state index contributed by atoms with van der Waals surface area (Å²) in [7, 11) is 3.10. The minimum absolute atomic E-state index is 0.376. The Morgan fingerprint density at radius 2 is 0.783 bits per heavy atom. The van der Waals surface area contributed by atoms with Gasteiger partial charge in [-0.25, -0.2) is 19.8 Å². The number of methoxy groups -OCH3 is 2. The zero-order chi connectivity index (χ0) is 31.7. The van der Waals surface area contributed by atoms with Gasteiger partial charge in [0.1, 0.15) is 23.6 Å². The van der Waals surface area contributed by atoms with E-state index in [2.05, 4.69) is 0 Å². The second kappa shape index (κ2) is 10.6. The van der Waals surface area contributed by atoms with E-state index in [-0.39, 0.29) is 11.8 Å². The molecule has 4 heterocycles. The van der Waals surface area contributed by atoms with Gasteiger partial charge in [0.15, 0.2) is 0 Å². The fourth-order valence-electron chi connectivity index (χ4n) is 7.93. The van der Waals surface area contributed by atoms with Crippen LogP contribution in [0.1, 0.15) is 23.2 Å². The summed E-state index contributed by atoms with van der Waals surface area (Å²) in [5, 5.41) is 3.66. The molecule has 0 spiro atoms. The predicted molar refractivity (Wildman–Crippen MR) is 168 cm³/mol. The van der Waals surface area contributed by atoms with Crippen LogP contribution in [0.3, 0.4) is 0 Å². The monoisotopic (exact) mass is 614 g/mol. The van der Waals surface area contributed by atoms with E-state index in [1.54, 1.807) is 74.9 Å². The lowest BCUT2D eigenvalue weighted by atomic mass is 9.83. The van der Waals surface area contributed by atoms with Crippen molar-refractivity contribution >= 4 is 35.0 Å². The highest BCUT2D eigenvalue weighted by Gasteiger charge is 2.74. The number of amides is 4. The second-order valence-corrected chi connectivity index (χ2v) is 11.8. The van der Waals surface area contributed by atoms with Gasteiger partial charge in [-0.1, -0.05) is 72.8 Å². The van der Waals surface area contributed by atoms with Crippen LogP contribution < -0.4 is 19.3 Å². The Kier molecular flexibility index (Phi) is 6.52. The van der Waals surface area contributed by atoms with E-state index >= 15 is 0 Å². The second-order valence-electron chi connectivity index (χ2n) is 11.8. The molecular formula is C36H30N4O6. The average Bonchev–Trinajstić information content (AvgIpc) is 3.76. The molecule has 4 aromatic carbocycles. The number of fused-ring (bicyclic) bond motifs is 5. The van der Waals surface area contributed by atoms with E-state index in [0.717, 1.165) is 0 Å². The Morgan fingerprint density at radius 1 is 0.435 bits per heavy atom. The number of benzene rings is 4. The molecule has 0 N–H and O–H groups in total. The van der Waals surface area contributed by atoms with Gasteiger partial charge in [0.2, 0.25) is 11.8 Å². The van der Waals surface area contributed by atoms with Crippen LogP contribution >= 0.6 is 0 Å². The van der Waals surface area contributed by atoms with Crippen LogP contribution in [0.15, 0.2) is 109 Å². The predicted octanol–water partition coefficient (Wildman–Crippen LogP) is 4.15. The first-order valence-electron chi connectivity index (χ1n) is 15.2. The standard InChI is InChI=1S/C36H30N4O6/c1-45-25-19-11-9-17-23(25)29-27-31(35(43)37(33(27)41)21-13-5-3-6-14-21)40-30(24-18-10-12-20-26(24)46-2)28-32(39(29)40)36(44)38(34(28)42)22-15-7-4-8-16-22/h3-20,27-32H,1-2H3/t27-,28+,29-,30-,31-,32-/m1/s1. The molecule has 4 amide bonds. The van der Waals surface area contributed by atoms with E-state index in [1.165, 1.54) is 9.80 Å². The summed E-state index contributed by atoms with van der Waals surface area (Å²) in [6.07, 6.45) is 0. The van der Waals surface area contributed by atoms with Gasteiger partial charge >= 0.3 is 0 Å². The van der Waals surface area contributed by atoms with Crippen molar-refractivity contribution in [3.63, 3.8) is 0 Å².